The van der Waals surface area contributed by atoms with E-state index in [2.05, 4.69) is 10.3 Å². The van der Waals surface area contributed by atoms with E-state index in [1.165, 1.54) is 33.6 Å². The summed E-state index contributed by atoms with van der Waals surface area (Å²) in [6, 6.07) is 11.5. The fourth-order valence-electron chi connectivity index (χ4n) is 3.76. The number of hydrogen-bond donors (Lipinski definition) is 1. The molecule has 5 rings (SSSR count). The molecule has 3 heterocycles. The predicted octanol–water partition coefficient (Wildman–Crippen LogP) is 4.31. The highest BCUT2D eigenvalue weighted by Crippen LogP contribution is 2.28. The fourth-order valence-corrected chi connectivity index (χ4v) is 5.61. The topological polar surface area (TPSA) is 89.8 Å². The van der Waals surface area contributed by atoms with Gasteiger partial charge in [0.15, 0.2) is 4.96 Å². The molecule has 1 amide bonds. The van der Waals surface area contributed by atoms with Gasteiger partial charge in [-0.05, 0) is 55.3 Å². The van der Waals surface area contributed by atoms with Gasteiger partial charge in [0.2, 0.25) is 0 Å². The fraction of sp³-hybridized carbons (Fsp3) is 0.217. The second-order valence-corrected chi connectivity index (χ2v) is 9.48. The summed E-state index contributed by atoms with van der Waals surface area (Å²) in [7, 11) is 0. The van der Waals surface area contributed by atoms with Gasteiger partial charge in [-0.15, -0.1) is 22.7 Å². The lowest BCUT2D eigenvalue weighted by atomic mass is 10.0. The van der Waals surface area contributed by atoms with E-state index in [0.29, 0.717) is 26.8 Å². The van der Waals surface area contributed by atoms with Crippen LogP contribution in [0.3, 0.4) is 0 Å². The van der Waals surface area contributed by atoms with E-state index in [4.69, 9.17) is 4.74 Å². The summed E-state index contributed by atoms with van der Waals surface area (Å²) in [5, 5.41) is 4.60. The minimum absolute atomic E-state index is 0.0983. The first-order valence-electron chi connectivity index (χ1n) is 10.2. The number of ether oxygens (including phenoxy) is 1. The van der Waals surface area contributed by atoms with E-state index in [1.54, 1.807) is 40.8 Å². The molecule has 162 valence electrons. The molecule has 0 spiro atoms. The molecule has 0 saturated heterocycles. The van der Waals surface area contributed by atoms with Crippen LogP contribution in [0.25, 0.3) is 4.96 Å². The molecule has 1 aromatic carbocycles. The number of rotatable bonds is 5. The Morgan fingerprint density at radius 1 is 1.12 bits per heavy atom. The van der Waals surface area contributed by atoms with E-state index in [0.717, 1.165) is 31.4 Å². The number of hydrogen-bond acceptors (Lipinski definition) is 7. The number of carbonyl (C=O) groups is 2. The molecule has 0 aliphatic heterocycles. The van der Waals surface area contributed by atoms with Gasteiger partial charge in [-0.2, -0.15) is 0 Å². The van der Waals surface area contributed by atoms with Crippen LogP contribution in [0.5, 0.6) is 0 Å². The van der Waals surface area contributed by atoms with E-state index >= 15 is 0 Å². The SMILES string of the molecule is O=C(OCc1cc(=O)n2c3c(sc2n1)CCCC3)c1cccc(NC(=O)c2cccs2)c1. The van der Waals surface area contributed by atoms with Crippen molar-refractivity contribution in [2.45, 2.75) is 32.3 Å². The zero-order chi connectivity index (χ0) is 22.1. The molecule has 0 fully saturated rings. The third kappa shape index (κ3) is 4.09. The number of carbonyl (C=O) groups excluding carboxylic acids is 2. The second kappa shape index (κ2) is 8.68. The minimum atomic E-state index is -0.551. The van der Waals surface area contributed by atoms with Gasteiger partial charge in [0.1, 0.15) is 6.61 Å². The van der Waals surface area contributed by atoms with Crippen molar-refractivity contribution in [3.8, 4) is 0 Å². The van der Waals surface area contributed by atoms with Gasteiger partial charge in [-0.25, -0.2) is 9.78 Å². The molecule has 0 radical (unpaired) electrons. The molecule has 1 N–H and O–H groups in total. The molecule has 32 heavy (non-hydrogen) atoms. The smallest absolute Gasteiger partial charge is 0.338 e. The summed E-state index contributed by atoms with van der Waals surface area (Å²) in [5.41, 5.74) is 2.15. The summed E-state index contributed by atoms with van der Waals surface area (Å²) in [4.78, 5) is 44.4. The van der Waals surface area contributed by atoms with Crippen molar-refractivity contribution in [3.63, 3.8) is 0 Å². The number of benzene rings is 1. The molecule has 1 aliphatic rings. The van der Waals surface area contributed by atoms with Crippen LogP contribution < -0.4 is 10.9 Å². The Labute approximate surface area is 191 Å². The minimum Gasteiger partial charge on any atom is -0.456 e. The van der Waals surface area contributed by atoms with Crippen LogP contribution in [0.4, 0.5) is 5.69 Å². The number of anilines is 1. The molecule has 9 heteroatoms. The van der Waals surface area contributed by atoms with Crippen LogP contribution in [0.1, 0.15) is 49.1 Å². The number of nitrogens with zero attached hydrogens (tertiary/aromatic N) is 2. The summed E-state index contributed by atoms with van der Waals surface area (Å²) in [6.07, 6.45) is 4.08. The van der Waals surface area contributed by atoms with E-state index in [9.17, 15) is 14.4 Å². The predicted molar refractivity (Wildman–Crippen MR) is 124 cm³/mol. The van der Waals surface area contributed by atoms with E-state index in [1.807, 2.05) is 5.38 Å². The lowest BCUT2D eigenvalue weighted by molar-refractivity contribution is 0.0467. The number of fused-ring (bicyclic) bond motifs is 3. The maximum Gasteiger partial charge on any atom is 0.338 e. The Hall–Kier alpha value is -3.30. The van der Waals surface area contributed by atoms with Crippen LogP contribution in [-0.2, 0) is 24.2 Å². The maximum absolute atomic E-state index is 12.6. The first-order chi connectivity index (χ1) is 15.6. The van der Waals surface area contributed by atoms with E-state index < -0.39 is 5.97 Å². The van der Waals surface area contributed by atoms with Gasteiger partial charge < -0.3 is 10.1 Å². The number of aryl methyl sites for hydroxylation is 2. The van der Waals surface area contributed by atoms with Crippen molar-refractivity contribution in [2.24, 2.45) is 0 Å². The third-order valence-electron chi connectivity index (χ3n) is 5.27. The summed E-state index contributed by atoms with van der Waals surface area (Å²) in [5.74, 6) is -0.785. The summed E-state index contributed by atoms with van der Waals surface area (Å²) in [6.45, 7) is -0.0983. The molecule has 1 aliphatic carbocycles. The van der Waals surface area contributed by atoms with Crippen molar-refractivity contribution < 1.29 is 14.3 Å². The molecule has 0 unspecified atom stereocenters. The second-order valence-electron chi connectivity index (χ2n) is 7.47. The maximum atomic E-state index is 12.6. The molecule has 4 aromatic rings. The highest BCUT2D eigenvalue weighted by atomic mass is 32.1. The Morgan fingerprint density at radius 3 is 2.84 bits per heavy atom. The molecule has 7 nitrogen and oxygen atoms in total. The van der Waals surface area contributed by atoms with Gasteiger partial charge in [0, 0.05) is 22.3 Å². The largest absolute Gasteiger partial charge is 0.456 e. The van der Waals surface area contributed by atoms with Crippen LogP contribution >= 0.6 is 22.7 Å². The Morgan fingerprint density at radius 2 is 2.00 bits per heavy atom. The highest BCUT2D eigenvalue weighted by molar-refractivity contribution is 7.17. The van der Waals surface area contributed by atoms with Crippen LogP contribution in [-0.4, -0.2) is 21.3 Å². The van der Waals surface area contributed by atoms with Crippen molar-refractivity contribution in [3.05, 3.63) is 84.9 Å². The lowest BCUT2D eigenvalue weighted by Gasteiger charge is -2.10. The first-order valence-corrected chi connectivity index (χ1v) is 11.9. The van der Waals surface area contributed by atoms with Gasteiger partial charge in [-0.1, -0.05) is 12.1 Å². The molecular weight excluding hydrogens is 446 g/mol. The van der Waals surface area contributed by atoms with Crippen molar-refractivity contribution in [2.75, 3.05) is 5.32 Å². The zero-order valence-corrected chi connectivity index (χ0v) is 18.6. The molecule has 0 bridgehead atoms. The van der Waals surface area contributed by atoms with Crippen LogP contribution in [0, 0.1) is 0 Å². The van der Waals surface area contributed by atoms with Gasteiger partial charge in [0.25, 0.3) is 11.5 Å². The Kier molecular flexibility index (Phi) is 5.59. The summed E-state index contributed by atoms with van der Waals surface area (Å²) >= 11 is 2.88. The number of thiophene rings is 1. The van der Waals surface area contributed by atoms with Crippen molar-refractivity contribution in [1.82, 2.24) is 9.38 Å². The number of amides is 1. The summed E-state index contributed by atoms with van der Waals surface area (Å²) < 4.78 is 7.08. The van der Waals surface area contributed by atoms with Crippen LogP contribution in [0.2, 0.25) is 0 Å². The average molecular weight is 466 g/mol. The highest BCUT2D eigenvalue weighted by Gasteiger charge is 2.19. The zero-order valence-electron chi connectivity index (χ0n) is 17.0. The van der Waals surface area contributed by atoms with Gasteiger partial charge in [0.05, 0.1) is 16.1 Å². The number of aromatic nitrogens is 2. The normalized spacial score (nSPS) is 13.0. The third-order valence-corrected chi connectivity index (χ3v) is 7.28. The van der Waals surface area contributed by atoms with Crippen LogP contribution in [0.15, 0.2) is 52.6 Å². The van der Waals surface area contributed by atoms with E-state index in [-0.39, 0.29) is 18.1 Å². The molecular formula is C23H19N3O4S2. The Balaban J connectivity index is 1.29. The molecule has 0 atom stereocenters. The Bertz CT molecular complexity index is 1370. The van der Waals surface area contributed by atoms with Gasteiger partial charge in [-0.3, -0.25) is 14.0 Å². The van der Waals surface area contributed by atoms with Crippen molar-refractivity contribution in [1.29, 1.82) is 0 Å². The number of thiazole rings is 1. The standard InChI is InChI=1S/C23H19N3O4S2/c27-20-12-16(25-23-26(20)17-7-1-2-8-18(17)32-23)13-30-22(29)14-5-3-6-15(11-14)24-21(28)19-9-4-10-31-19/h3-6,9-12H,1-2,7-8,13H2,(H,24,28). The van der Waals surface area contributed by atoms with Crippen molar-refractivity contribution >= 4 is 45.2 Å². The quantitative estimate of drug-likeness (QED) is 0.444. The number of esters is 1. The first kappa shape index (κ1) is 20.6. The average Bonchev–Trinajstić information content (AvgIpc) is 3.46. The lowest BCUT2D eigenvalue weighted by Crippen LogP contribution is -2.18. The monoisotopic (exact) mass is 465 g/mol. The molecule has 3 aromatic heterocycles. The van der Waals surface area contributed by atoms with Gasteiger partial charge >= 0.3 is 5.97 Å². The number of nitrogens with one attached hydrogen (secondary N) is 1. The molecule has 0 saturated carbocycles.